The first-order valence-electron chi connectivity index (χ1n) is 8.59. The van der Waals surface area contributed by atoms with Gasteiger partial charge in [0.05, 0.1) is 21.0 Å². The summed E-state index contributed by atoms with van der Waals surface area (Å²) in [5, 5.41) is 8.11. The standard InChI is InChI=1S/C22H14N2O3S2/c25-21(18-7-2-12-27-18)24-20-11-10-19(29-20)22(26)23-16-5-1-4-15(14-16)8-9-17-6-3-13-28-17/h1-7,10-14H,(H,23,26)(H,24,25). The van der Waals surface area contributed by atoms with Crippen molar-refractivity contribution < 1.29 is 14.0 Å². The first-order valence-corrected chi connectivity index (χ1v) is 10.3. The number of benzene rings is 1. The van der Waals surface area contributed by atoms with Crippen LogP contribution in [0.2, 0.25) is 0 Å². The van der Waals surface area contributed by atoms with Crippen molar-refractivity contribution >= 4 is 45.2 Å². The van der Waals surface area contributed by atoms with Gasteiger partial charge in [-0.25, -0.2) is 0 Å². The topological polar surface area (TPSA) is 71.3 Å². The maximum Gasteiger partial charge on any atom is 0.291 e. The summed E-state index contributed by atoms with van der Waals surface area (Å²) in [6, 6.07) is 17.8. The van der Waals surface area contributed by atoms with E-state index < -0.39 is 0 Å². The Morgan fingerprint density at radius 1 is 0.897 bits per heavy atom. The number of nitrogens with one attached hydrogen (secondary N) is 2. The largest absolute Gasteiger partial charge is 0.459 e. The highest BCUT2D eigenvalue weighted by Crippen LogP contribution is 2.24. The van der Waals surface area contributed by atoms with Gasteiger partial charge in [-0.05, 0) is 53.9 Å². The van der Waals surface area contributed by atoms with Crippen LogP contribution in [0.5, 0.6) is 0 Å². The second kappa shape index (κ2) is 8.61. The second-order valence-corrected chi connectivity index (χ2v) is 7.89. The van der Waals surface area contributed by atoms with Gasteiger partial charge < -0.3 is 15.1 Å². The van der Waals surface area contributed by atoms with Gasteiger partial charge in [0.15, 0.2) is 5.76 Å². The van der Waals surface area contributed by atoms with Gasteiger partial charge in [-0.3, -0.25) is 9.59 Å². The third kappa shape index (κ3) is 4.82. The Morgan fingerprint density at radius 3 is 2.62 bits per heavy atom. The minimum absolute atomic E-state index is 0.213. The molecule has 4 aromatic rings. The van der Waals surface area contributed by atoms with E-state index >= 15 is 0 Å². The molecule has 142 valence electrons. The molecule has 0 saturated carbocycles. The Morgan fingerprint density at radius 2 is 1.83 bits per heavy atom. The van der Waals surface area contributed by atoms with Gasteiger partial charge in [-0.15, -0.1) is 22.7 Å². The van der Waals surface area contributed by atoms with Crippen LogP contribution in [0.1, 0.15) is 30.7 Å². The Kier molecular flexibility index (Phi) is 5.56. The molecule has 4 rings (SSSR count). The molecule has 0 saturated heterocycles. The fourth-order valence-electron chi connectivity index (χ4n) is 2.46. The molecule has 0 aliphatic heterocycles. The summed E-state index contributed by atoms with van der Waals surface area (Å²) in [7, 11) is 0. The van der Waals surface area contributed by atoms with E-state index in [1.165, 1.54) is 17.6 Å². The summed E-state index contributed by atoms with van der Waals surface area (Å²) in [6.07, 6.45) is 1.43. The molecule has 0 bridgehead atoms. The predicted octanol–water partition coefficient (Wildman–Crippen LogP) is 5.31. The summed E-state index contributed by atoms with van der Waals surface area (Å²) >= 11 is 2.77. The Hall–Kier alpha value is -3.60. The fourth-order valence-corrected chi connectivity index (χ4v) is 3.83. The first-order chi connectivity index (χ1) is 14.2. The molecule has 3 aromatic heterocycles. The van der Waals surface area contributed by atoms with Crippen LogP contribution in [0.4, 0.5) is 10.7 Å². The molecule has 0 unspecified atom stereocenters. The monoisotopic (exact) mass is 418 g/mol. The van der Waals surface area contributed by atoms with Crippen LogP contribution in [0, 0.1) is 11.8 Å². The van der Waals surface area contributed by atoms with Gasteiger partial charge in [-0.1, -0.05) is 24.0 Å². The zero-order chi connectivity index (χ0) is 20.1. The lowest BCUT2D eigenvalue weighted by atomic mass is 10.2. The highest BCUT2D eigenvalue weighted by Gasteiger charge is 2.13. The maximum atomic E-state index is 12.5. The molecule has 1 aromatic carbocycles. The number of furan rings is 1. The number of anilines is 2. The van der Waals surface area contributed by atoms with Crippen molar-refractivity contribution in [1.29, 1.82) is 0 Å². The average Bonchev–Trinajstić information content (AvgIpc) is 3.49. The lowest BCUT2D eigenvalue weighted by molar-refractivity contribution is 0.0995. The van der Waals surface area contributed by atoms with Crippen LogP contribution in [0.25, 0.3) is 0 Å². The zero-order valence-electron chi connectivity index (χ0n) is 15.0. The molecule has 0 spiro atoms. The molecule has 0 radical (unpaired) electrons. The molecule has 3 heterocycles. The van der Waals surface area contributed by atoms with Gasteiger partial charge >= 0.3 is 0 Å². The molecule has 5 nitrogen and oxygen atoms in total. The first kappa shape index (κ1) is 18.7. The number of thiophene rings is 2. The van der Waals surface area contributed by atoms with Crippen LogP contribution in [0.3, 0.4) is 0 Å². The number of rotatable bonds is 4. The molecule has 2 amide bonds. The van der Waals surface area contributed by atoms with Crippen molar-refractivity contribution in [2.45, 2.75) is 0 Å². The Balaban J connectivity index is 1.41. The third-order valence-corrected chi connectivity index (χ3v) is 5.57. The minimum Gasteiger partial charge on any atom is -0.459 e. The van der Waals surface area contributed by atoms with Crippen LogP contribution in [-0.4, -0.2) is 11.8 Å². The molecule has 0 fully saturated rings. The summed E-state index contributed by atoms with van der Waals surface area (Å²) in [4.78, 5) is 26.0. The van der Waals surface area contributed by atoms with E-state index in [4.69, 9.17) is 4.42 Å². The zero-order valence-corrected chi connectivity index (χ0v) is 16.6. The van der Waals surface area contributed by atoms with Crippen LogP contribution in [-0.2, 0) is 0 Å². The SMILES string of the molecule is O=C(Nc1ccc(C(=O)Nc2cccc(C#Cc3cccs3)c2)s1)c1ccco1. The molecule has 0 aliphatic rings. The molecule has 0 atom stereocenters. The summed E-state index contributed by atoms with van der Waals surface area (Å²) in [6.45, 7) is 0. The summed E-state index contributed by atoms with van der Waals surface area (Å²) in [5.41, 5.74) is 1.47. The van der Waals surface area contributed by atoms with Crippen LogP contribution >= 0.6 is 22.7 Å². The quantitative estimate of drug-likeness (QED) is 0.441. The van der Waals surface area contributed by atoms with Gasteiger partial charge in [0, 0.05) is 11.3 Å². The van der Waals surface area contributed by atoms with E-state index in [1.807, 2.05) is 35.7 Å². The number of hydrogen-bond donors (Lipinski definition) is 2. The van der Waals surface area contributed by atoms with Crippen molar-refractivity contribution in [3.05, 3.63) is 93.4 Å². The highest BCUT2D eigenvalue weighted by molar-refractivity contribution is 7.18. The fraction of sp³-hybridized carbons (Fsp3) is 0. The number of carbonyl (C=O) groups is 2. The van der Waals surface area contributed by atoms with E-state index in [9.17, 15) is 9.59 Å². The summed E-state index contributed by atoms with van der Waals surface area (Å²) in [5.74, 6) is 5.79. The summed E-state index contributed by atoms with van der Waals surface area (Å²) < 4.78 is 5.06. The lowest BCUT2D eigenvalue weighted by Gasteiger charge is -2.04. The van der Waals surface area contributed by atoms with E-state index in [1.54, 1.807) is 41.7 Å². The number of carbonyl (C=O) groups excluding carboxylic acids is 2. The smallest absolute Gasteiger partial charge is 0.291 e. The predicted molar refractivity (Wildman–Crippen MR) is 116 cm³/mol. The highest BCUT2D eigenvalue weighted by atomic mass is 32.1. The normalized spacial score (nSPS) is 10.1. The van der Waals surface area contributed by atoms with E-state index in [0.717, 1.165) is 10.4 Å². The van der Waals surface area contributed by atoms with E-state index in [0.29, 0.717) is 15.6 Å². The molecule has 7 heteroatoms. The molecular weight excluding hydrogens is 404 g/mol. The average molecular weight is 418 g/mol. The van der Waals surface area contributed by atoms with Crippen LogP contribution in [0.15, 0.2) is 76.7 Å². The van der Waals surface area contributed by atoms with E-state index in [2.05, 4.69) is 22.5 Å². The lowest BCUT2D eigenvalue weighted by Crippen LogP contribution is -2.10. The Labute approximate surface area is 175 Å². The number of amides is 2. The van der Waals surface area contributed by atoms with Gasteiger partial charge in [0.1, 0.15) is 0 Å². The van der Waals surface area contributed by atoms with Gasteiger partial charge in [-0.2, -0.15) is 0 Å². The Bertz CT molecular complexity index is 1200. The van der Waals surface area contributed by atoms with E-state index in [-0.39, 0.29) is 17.6 Å². The van der Waals surface area contributed by atoms with Crippen molar-refractivity contribution in [1.82, 2.24) is 0 Å². The van der Waals surface area contributed by atoms with Crippen molar-refractivity contribution in [3.63, 3.8) is 0 Å². The molecule has 0 aliphatic carbocycles. The van der Waals surface area contributed by atoms with Crippen molar-refractivity contribution in [2.75, 3.05) is 10.6 Å². The maximum absolute atomic E-state index is 12.5. The molecule has 29 heavy (non-hydrogen) atoms. The van der Waals surface area contributed by atoms with Crippen LogP contribution < -0.4 is 10.6 Å². The van der Waals surface area contributed by atoms with Crippen molar-refractivity contribution in [2.24, 2.45) is 0 Å². The third-order valence-electron chi connectivity index (χ3n) is 3.78. The van der Waals surface area contributed by atoms with Gasteiger partial charge in [0.2, 0.25) is 0 Å². The van der Waals surface area contributed by atoms with Crippen molar-refractivity contribution in [3.8, 4) is 11.8 Å². The van der Waals surface area contributed by atoms with Gasteiger partial charge in [0.25, 0.3) is 11.8 Å². The second-order valence-electron chi connectivity index (χ2n) is 5.86. The molecule has 2 N–H and O–H groups in total. The molecular formula is C22H14N2O3S2. The number of hydrogen-bond acceptors (Lipinski definition) is 5. The minimum atomic E-state index is -0.360.